The molecule has 1 unspecified atom stereocenters. The molecule has 0 saturated carbocycles. The highest BCUT2D eigenvalue weighted by molar-refractivity contribution is 6.42. The van der Waals surface area contributed by atoms with Crippen LogP contribution in [-0.4, -0.2) is 10.9 Å². The molecule has 0 radical (unpaired) electrons. The lowest BCUT2D eigenvalue weighted by atomic mass is 10.1. The van der Waals surface area contributed by atoms with Gasteiger partial charge in [0.05, 0.1) is 21.9 Å². The molecule has 4 nitrogen and oxygen atoms in total. The molecule has 2 N–H and O–H groups in total. The number of anilines is 2. The van der Waals surface area contributed by atoms with Gasteiger partial charge in [-0.25, -0.2) is 4.98 Å². The van der Waals surface area contributed by atoms with Gasteiger partial charge in [-0.2, -0.15) is 0 Å². The SMILES string of the molecule is CC(Nc1ccc(C(=O)Nc2ccc(Cl)c(Cl)c2)nc1)c1ccccc1. The fraction of sp³-hybridized carbons (Fsp3) is 0.100. The predicted molar refractivity (Wildman–Crippen MR) is 107 cm³/mol. The van der Waals surface area contributed by atoms with Crippen molar-refractivity contribution in [2.75, 3.05) is 10.6 Å². The van der Waals surface area contributed by atoms with Crippen LogP contribution in [0.1, 0.15) is 29.0 Å². The molecule has 3 rings (SSSR count). The van der Waals surface area contributed by atoms with E-state index in [9.17, 15) is 4.79 Å². The van der Waals surface area contributed by atoms with Crippen molar-refractivity contribution in [3.63, 3.8) is 0 Å². The number of nitrogens with one attached hydrogen (secondary N) is 2. The van der Waals surface area contributed by atoms with E-state index in [0.29, 0.717) is 21.4 Å². The molecule has 132 valence electrons. The Morgan fingerprint density at radius 2 is 1.69 bits per heavy atom. The summed E-state index contributed by atoms with van der Waals surface area (Å²) < 4.78 is 0. The Hall–Kier alpha value is -2.56. The molecule has 0 bridgehead atoms. The normalized spacial score (nSPS) is 11.7. The van der Waals surface area contributed by atoms with Gasteiger partial charge in [0.15, 0.2) is 0 Å². The number of nitrogens with zero attached hydrogens (tertiary/aromatic N) is 1. The molecule has 0 saturated heterocycles. The summed E-state index contributed by atoms with van der Waals surface area (Å²) in [5.41, 5.74) is 2.89. The van der Waals surface area contributed by atoms with Crippen molar-refractivity contribution in [1.29, 1.82) is 0 Å². The molecular formula is C20H17Cl2N3O. The molecule has 0 spiro atoms. The molecule has 0 aliphatic rings. The van der Waals surface area contributed by atoms with E-state index in [-0.39, 0.29) is 11.9 Å². The highest BCUT2D eigenvalue weighted by Gasteiger charge is 2.10. The number of aromatic nitrogens is 1. The van der Waals surface area contributed by atoms with Gasteiger partial charge in [-0.3, -0.25) is 4.79 Å². The first kappa shape index (κ1) is 18.2. The van der Waals surface area contributed by atoms with Crippen LogP contribution in [0, 0.1) is 0 Å². The van der Waals surface area contributed by atoms with Crippen molar-refractivity contribution in [2.24, 2.45) is 0 Å². The van der Waals surface area contributed by atoms with Crippen molar-refractivity contribution in [3.05, 3.63) is 88.2 Å². The second kappa shape index (κ2) is 8.21. The average Bonchev–Trinajstić information content (AvgIpc) is 2.66. The van der Waals surface area contributed by atoms with E-state index in [1.54, 1.807) is 30.5 Å². The largest absolute Gasteiger partial charge is 0.377 e. The van der Waals surface area contributed by atoms with Crippen molar-refractivity contribution in [2.45, 2.75) is 13.0 Å². The number of amides is 1. The molecule has 6 heteroatoms. The maximum absolute atomic E-state index is 12.3. The van der Waals surface area contributed by atoms with Crippen molar-refractivity contribution in [1.82, 2.24) is 4.98 Å². The van der Waals surface area contributed by atoms with Gasteiger partial charge in [0.2, 0.25) is 0 Å². The van der Waals surface area contributed by atoms with Crippen molar-refractivity contribution >= 4 is 40.5 Å². The number of hydrogen-bond donors (Lipinski definition) is 2. The molecule has 0 fully saturated rings. The number of halogens is 2. The zero-order chi connectivity index (χ0) is 18.5. The predicted octanol–water partition coefficient (Wildman–Crippen LogP) is 5.81. The molecule has 1 atom stereocenters. The standard InChI is InChI=1S/C20H17Cl2N3O/c1-13(14-5-3-2-4-6-14)24-16-8-10-19(23-12-16)20(26)25-15-7-9-17(21)18(22)11-15/h2-13,24H,1H3,(H,25,26). The molecule has 1 aromatic heterocycles. The minimum atomic E-state index is -0.314. The van der Waals surface area contributed by atoms with Crippen molar-refractivity contribution in [3.8, 4) is 0 Å². The lowest BCUT2D eigenvalue weighted by Crippen LogP contribution is -2.14. The van der Waals surface area contributed by atoms with Crippen molar-refractivity contribution < 1.29 is 4.79 Å². The van der Waals surface area contributed by atoms with Gasteiger partial charge in [-0.15, -0.1) is 0 Å². The molecule has 0 aliphatic carbocycles. The van der Waals surface area contributed by atoms with Gasteiger partial charge in [-0.1, -0.05) is 53.5 Å². The Labute approximate surface area is 162 Å². The maximum Gasteiger partial charge on any atom is 0.274 e. The van der Waals surface area contributed by atoms with Crippen LogP contribution in [0.15, 0.2) is 66.9 Å². The Balaban J connectivity index is 1.65. The number of carbonyl (C=O) groups is 1. The third-order valence-corrected chi connectivity index (χ3v) is 4.60. The van der Waals surface area contributed by atoms with Crippen LogP contribution in [0.4, 0.5) is 11.4 Å². The van der Waals surface area contributed by atoms with Crippen LogP contribution in [0.25, 0.3) is 0 Å². The minimum absolute atomic E-state index is 0.133. The number of benzene rings is 2. The summed E-state index contributed by atoms with van der Waals surface area (Å²) in [6.45, 7) is 2.07. The van der Waals surface area contributed by atoms with E-state index in [1.165, 1.54) is 5.56 Å². The van der Waals surface area contributed by atoms with E-state index in [2.05, 4.69) is 34.7 Å². The third-order valence-electron chi connectivity index (χ3n) is 3.86. The van der Waals surface area contributed by atoms with Gasteiger partial charge in [0, 0.05) is 11.7 Å². The van der Waals surface area contributed by atoms with Crippen LogP contribution >= 0.6 is 23.2 Å². The first-order valence-corrected chi connectivity index (χ1v) is 8.82. The van der Waals surface area contributed by atoms with E-state index in [0.717, 1.165) is 5.69 Å². The van der Waals surface area contributed by atoms with Crippen LogP contribution in [0.3, 0.4) is 0 Å². The molecule has 1 heterocycles. The Morgan fingerprint density at radius 3 is 2.35 bits per heavy atom. The summed E-state index contributed by atoms with van der Waals surface area (Å²) in [5.74, 6) is -0.314. The highest BCUT2D eigenvalue weighted by Crippen LogP contribution is 2.25. The highest BCUT2D eigenvalue weighted by atomic mass is 35.5. The van der Waals surface area contributed by atoms with E-state index >= 15 is 0 Å². The van der Waals surface area contributed by atoms with Gasteiger partial charge in [0.25, 0.3) is 5.91 Å². The summed E-state index contributed by atoms with van der Waals surface area (Å²) in [7, 11) is 0. The maximum atomic E-state index is 12.3. The van der Waals surface area contributed by atoms with Gasteiger partial charge in [0.1, 0.15) is 5.69 Å². The van der Waals surface area contributed by atoms with Crippen LogP contribution in [0.2, 0.25) is 10.0 Å². The topological polar surface area (TPSA) is 54.0 Å². The summed E-state index contributed by atoms with van der Waals surface area (Å²) in [6, 6.07) is 18.7. The van der Waals surface area contributed by atoms with Gasteiger partial charge < -0.3 is 10.6 Å². The van der Waals surface area contributed by atoms with Crippen LogP contribution in [-0.2, 0) is 0 Å². The Bertz CT molecular complexity index is 899. The zero-order valence-electron chi connectivity index (χ0n) is 14.0. The number of rotatable bonds is 5. The molecule has 3 aromatic rings. The fourth-order valence-electron chi connectivity index (χ4n) is 2.46. The third kappa shape index (κ3) is 4.54. The smallest absolute Gasteiger partial charge is 0.274 e. The lowest BCUT2D eigenvalue weighted by molar-refractivity contribution is 0.102. The number of hydrogen-bond acceptors (Lipinski definition) is 3. The monoisotopic (exact) mass is 385 g/mol. The molecule has 2 aromatic carbocycles. The summed E-state index contributed by atoms with van der Waals surface area (Å²) in [6.07, 6.45) is 1.64. The van der Waals surface area contributed by atoms with Crippen LogP contribution in [0.5, 0.6) is 0 Å². The molecular weight excluding hydrogens is 369 g/mol. The first-order chi connectivity index (χ1) is 12.5. The molecule has 26 heavy (non-hydrogen) atoms. The minimum Gasteiger partial charge on any atom is -0.377 e. The average molecular weight is 386 g/mol. The Kier molecular flexibility index (Phi) is 5.76. The fourth-order valence-corrected chi connectivity index (χ4v) is 2.76. The number of pyridine rings is 1. The summed E-state index contributed by atoms with van der Waals surface area (Å²) in [4.78, 5) is 16.5. The zero-order valence-corrected chi connectivity index (χ0v) is 15.6. The second-order valence-corrected chi connectivity index (χ2v) is 6.61. The molecule has 0 aliphatic heterocycles. The van der Waals surface area contributed by atoms with Crippen LogP contribution < -0.4 is 10.6 Å². The lowest BCUT2D eigenvalue weighted by Gasteiger charge is -2.15. The second-order valence-electron chi connectivity index (χ2n) is 5.79. The van der Waals surface area contributed by atoms with Gasteiger partial charge in [-0.05, 0) is 42.8 Å². The summed E-state index contributed by atoms with van der Waals surface area (Å²) in [5, 5.41) is 6.93. The van der Waals surface area contributed by atoms with E-state index in [4.69, 9.17) is 23.2 Å². The summed E-state index contributed by atoms with van der Waals surface area (Å²) >= 11 is 11.8. The first-order valence-electron chi connectivity index (χ1n) is 8.07. The van der Waals surface area contributed by atoms with E-state index < -0.39 is 0 Å². The quantitative estimate of drug-likeness (QED) is 0.582. The van der Waals surface area contributed by atoms with Gasteiger partial charge >= 0.3 is 0 Å². The Morgan fingerprint density at radius 1 is 0.962 bits per heavy atom. The molecule has 1 amide bonds. The van der Waals surface area contributed by atoms with E-state index in [1.807, 2.05) is 24.3 Å². The number of carbonyl (C=O) groups excluding carboxylic acids is 1.